The van der Waals surface area contributed by atoms with Crippen LogP contribution in [-0.4, -0.2) is 25.3 Å². The van der Waals surface area contributed by atoms with Crippen molar-refractivity contribution in [1.82, 2.24) is 4.98 Å². The number of methoxy groups -OCH3 is 1. The summed E-state index contributed by atoms with van der Waals surface area (Å²) in [6.45, 7) is 1.17. The van der Waals surface area contributed by atoms with Crippen molar-refractivity contribution in [2.24, 2.45) is 0 Å². The molecule has 0 saturated heterocycles. The summed E-state index contributed by atoms with van der Waals surface area (Å²) in [7, 11) is 1.66. The van der Waals surface area contributed by atoms with Crippen LogP contribution in [0.2, 0.25) is 0 Å². The lowest BCUT2D eigenvalue weighted by molar-refractivity contribution is 0.146. The fourth-order valence-corrected chi connectivity index (χ4v) is 1.39. The fraction of sp³-hybridized carbons (Fsp3) is 0.250. The molecular formula is C12H13NO2. The van der Waals surface area contributed by atoms with Gasteiger partial charge in [-0.05, 0) is 24.3 Å². The Morgan fingerprint density at radius 3 is 3.00 bits per heavy atom. The zero-order chi connectivity index (χ0) is 10.5. The largest absolute Gasteiger partial charge is 0.491 e. The number of hydrogen-bond acceptors (Lipinski definition) is 3. The quantitative estimate of drug-likeness (QED) is 0.714. The molecule has 3 nitrogen and oxygen atoms in total. The predicted molar refractivity (Wildman–Crippen MR) is 59.1 cm³/mol. The highest BCUT2D eigenvalue weighted by molar-refractivity contribution is 5.79. The predicted octanol–water partition coefficient (Wildman–Crippen LogP) is 2.26. The molecule has 3 heteroatoms. The van der Waals surface area contributed by atoms with E-state index >= 15 is 0 Å². The van der Waals surface area contributed by atoms with Crippen molar-refractivity contribution in [3.8, 4) is 5.75 Å². The number of hydrogen-bond donors (Lipinski definition) is 0. The standard InChI is InChI=1S/C12H13NO2/c1-14-7-8-15-11-4-5-12-10(9-11)3-2-6-13-12/h2-6,9H,7-8H2,1H3. The van der Waals surface area contributed by atoms with Gasteiger partial charge in [-0.1, -0.05) is 6.07 Å². The smallest absolute Gasteiger partial charge is 0.120 e. The van der Waals surface area contributed by atoms with Gasteiger partial charge in [0.05, 0.1) is 12.1 Å². The van der Waals surface area contributed by atoms with Crippen LogP contribution in [0.5, 0.6) is 5.75 Å². The van der Waals surface area contributed by atoms with E-state index in [0.29, 0.717) is 13.2 Å². The Balaban J connectivity index is 2.16. The lowest BCUT2D eigenvalue weighted by Gasteiger charge is -2.05. The third-order valence-corrected chi connectivity index (χ3v) is 2.13. The number of fused-ring (bicyclic) bond motifs is 1. The van der Waals surface area contributed by atoms with Crippen molar-refractivity contribution < 1.29 is 9.47 Å². The second-order valence-corrected chi connectivity index (χ2v) is 3.20. The fourth-order valence-electron chi connectivity index (χ4n) is 1.39. The molecule has 1 aromatic carbocycles. The molecule has 0 aliphatic rings. The average Bonchev–Trinajstić information content (AvgIpc) is 2.29. The Hall–Kier alpha value is -1.61. The van der Waals surface area contributed by atoms with Crippen LogP contribution in [0.15, 0.2) is 36.5 Å². The van der Waals surface area contributed by atoms with Crippen molar-refractivity contribution >= 4 is 10.9 Å². The summed E-state index contributed by atoms with van der Waals surface area (Å²) in [4.78, 5) is 4.24. The monoisotopic (exact) mass is 203 g/mol. The molecule has 15 heavy (non-hydrogen) atoms. The van der Waals surface area contributed by atoms with Gasteiger partial charge in [0.2, 0.25) is 0 Å². The highest BCUT2D eigenvalue weighted by Crippen LogP contribution is 2.18. The Morgan fingerprint density at radius 2 is 2.13 bits per heavy atom. The van der Waals surface area contributed by atoms with Gasteiger partial charge in [0.15, 0.2) is 0 Å². The first-order valence-electron chi connectivity index (χ1n) is 4.86. The molecule has 0 aliphatic heterocycles. The maximum atomic E-state index is 5.50. The van der Waals surface area contributed by atoms with Crippen molar-refractivity contribution in [2.45, 2.75) is 0 Å². The van der Waals surface area contributed by atoms with Crippen LogP contribution in [0.3, 0.4) is 0 Å². The summed E-state index contributed by atoms with van der Waals surface area (Å²) in [5.41, 5.74) is 0.983. The first-order valence-corrected chi connectivity index (χ1v) is 4.86. The van der Waals surface area contributed by atoms with Gasteiger partial charge in [0.25, 0.3) is 0 Å². The van der Waals surface area contributed by atoms with E-state index in [1.165, 1.54) is 0 Å². The van der Waals surface area contributed by atoms with Crippen molar-refractivity contribution in [1.29, 1.82) is 0 Å². The normalized spacial score (nSPS) is 10.5. The summed E-state index contributed by atoms with van der Waals surface area (Å²) >= 11 is 0. The van der Waals surface area contributed by atoms with Crippen LogP contribution in [0.25, 0.3) is 10.9 Å². The highest BCUT2D eigenvalue weighted by Gasteiger charge is 1.97. The molecular weight excluding hydrogens is 190 g/mol. The summed E-state index contributed by atoms with van der Waals surface area (Å²) in [5, 5.41) is 1.09. The summed E-state index contributed by atoms with van der Waals surface area (Å²) in [6.07, 6.45) is 1.79. The van der Waals surface area contributed by atoms with E-state index in [-0.39, 0.29) is 0 Å². The number of nitrogens with zero attached hydrogens (tertiary/aromatic N) is 1. The minimum atomic E-state index is 0.572. The van der Waals surface area contributed by atoms with E-state index in [2.05, 4.69) is 4.98 Å². The van der Waals surface area contributed by atoms with Gasteiger partial charge in [0, 0.05) is 18.7 Å². The molecule has 0 N–H and O–H groups in total. The Labute approximate surface area is 88.7 Å². The molecule has 0 saturated carbocycles. The molecule has 0 spiro atoms. The maximum Gasteiger partial charge on any atom is 0.120 e. The van der Waals surface area contributed by atoms with E-state index in [1.54, 1.807) is 13.3 Å². The van der Waals surface area contributed by atoms with Crippen LogP contribution in [0, 0.1) is 0 Å². The average molecular weight is 203 g/mol. The third kappa shape index (κ3) is 2.44. The molecule has 2 aromatic rings. The van der Waals surface area contributed by atoms with Crippen LogP contribution >= 0.6 is 0 Å². The van der Waals surface area contributed by atoms with Gasteiger partial charge in [-0.2, -0.15) is 0 Å². The molecule has 1 heterocycles. The Bertz CT molecular complexity index is 442. The van der Waals surface area contributed by atoms with Gasteiger partial charge in [-0.3, -0.25) is 4.98 Å². The van der Waals surface area contributed by atoms with E-state index in [1.807, 2.05) is 30.3 Å². The summed E-state index contributed by atoms with van der Waals surface area (Å²) in [6, 6.07) is 9.80. The molecule has 0 aliphatic carbocycles. The zero-order valence-electron chi connectivity index (χ0n) is 8.64. The Morgan fingerprint density at radius 1 is 1.20 bits per heavy atom. The number of ether oxygens (including phenoxy) is 2. The van der Waals surface area contributed by atoms with Crippen LogP contribution in [0.4, 0.5) is 0 Å². The maximum absolute atomic E-state index is 5.50. The van der Waals surface area contributed by atoms with Crippen molar-refractivity contribution in [3.05, 3.63) is 36.5 Å². The molecule has 1 aromatic heterocycles. The van der Waals surface area contributed by atoms with Gasteiger partial charge in [0.1, 0.15) is 12.4 Å². The van der Waals surface area contributed by atoms with Crippen LogP contribution in [0.1, 0.15) is 0 Å². The summed E-state index contributed by atoms with van der Waals surface area (Å²) < 4.78 is 10.4. The van der Waals surface area contributed by atoms with Gasteiger partial charge >= 0.3 is 0 Å². The van der Waals surface area contributed by atoms with Gasteiger partial charge in [-0.25, -0.2) is 0 Å². The molecule has 2 rings (SSSR count). The number of rotatable bonds is 4. The number of aromatic nitrogens is 1. The molecule has 0 unspecified atom stereocenters. The van der Waals surface area contributed by atoms with Crippen molar-refractivity contribution in [3.63, 3.8) is 0 Å². The molecule has 0 bridgehead atoms. The lowest BCUT2D eigenvalue weighted by atomic mass is 10.2. The lowest BCUT2D eigenvalue weighted by Crippen LogP contribution is -2.03. The van der Waals surface area contributed by atoms with Crippen molar-refractivity contribution in [2.75, 3.05) is 20.3 Å². The molecule has 0 amide bonds. The second kappa shape index (κ2) is 4.75. The minimum Gasteiger partial charge on any atom is -0.491 e. The van der Waals surface area contributed by atoms with E-state index in [4.69, 9.17) is 9.47 Å². The zero-order valence-corrected chi connectivity index (χ0v) is 8.64. The third-order valence-electron chi connectivity index (χ3n) is 2.13. The first-order chi connectivity index (χ1) is 7.40. The summed E-state index contributed by atoms with van der Waals surface area (Å²) in [5.74, 6) is 0.854. The minimum absolute atomic E-state index is 0.572. The van der Waals surface area contributed by atoms with Crippen LogP contribution in [-0.2, 0) is 4.74 Å². The Kier molecular flexibility index (Phi) is 3.15. The number of pyridine rings is 1. The SMILES string of the molecule is COCCOc1ccc2ncccc2c1. The molecule has 0 fully saturated rings. The molecule has 0 atom stereocenters. The van der Waals surface area contributed by atoms with E-state index in [9.17, 15) is 0 Å². The number of benzene rings is 1. The molecule has 0 radical (unpaired) electrons. The molecule has 78 valence electrons. The highest BCUT2D eigenvalue weighted by atomic mass is 16.5. The van der Waals surface area contributed by atoms with Gasteiger partial charge < -0.3 is 9.47 Å². The topological polar surface area (TPSA) is 31.4 Å². The first kappa shape index (κ1) is 9.93. The van der Waals surface area contributed by atoms with Crippen LogP contribution < -0.4 is 4.74 Å². The van der Waals surface area contributed by atoms with E-state index in [0.717, 1.165) is 16.7 Å². The van der Waals surface area contributed by atoms with E-state index < -0.39 is 0 Å². The van der Waals surface area contributed by atoms with Gasteiger partial charge in [-0.15, -0.1) is 0 Å². The second-order valence-electron chi connectivity index (χ2n) is 3.20.